The van der Waals surface area contributed by atoms with Crippen molar-refractivity contribution in [3.8, 4) is 0 Å². The van der Waals surface area contributed by atoms with Crippen LogP contribution in [0.15, 0.2) is 48.6 Å². The molecule has 0 aromatic rings. The van der Waals surface area contributed by atoms with Crippen LogP contribution < -0.4 is 0 Å². The standard InChI is InChI=1S/C65H118O6/c1-4-7-10-13-16-19-22-25-28-31-33-35-37-40-43-46-49-52-55-58-64(67)70-61-62(60-69-63(66)57-54-51-48-45-42-39-36-30-27-24-21-18-15-12-9-6-3)71-65(68)59-56-53-50-47-44-41-38-34-32-29-26-23-20-17-14-11-8-5-2/h16,19,25,28-29,32-33,35,62H,4-15,17-18,20-24,26-27,30-31,34,36-61H2,1-3H3/b19-16-,28-25-,32-29-,35-33-. The fourth-order valence-corrected chi connectivity index (χ4v) is 9.09. The van der Waals surface area contributed by atoms with Crippen molar-refractivity contribution in [2.75, 3.05) is 13.2 Å². The molecule has 0 aromatic carbocycles. The van der Waals surface area contributed by atoms with Crippen LogP contribution in [0.3, 0.4) is 0 Å². The summed E-state index contributed by atoms with van der Waals surface area (Å²) in [5.74, 6) is -0.874. The molecule has 71 heavy (non-hydrogen) atoms. The predicted octanol–water partition coefficient (Wildman–Crippen LogP) is 21.0. The number of ether oxygens (including phenoxy) is 3. The van der Waals surface area contributed by atoms with Crippen LogP contribution in [-0.2, 0) is 28.6 Å². The Hall–Kier alpha value is -2.63. The lowest BCUT2D eigenvalue weighted by Crippen LogP contribution is -2.30. The van der Waals surface area contributed by atoms with Crippen molar-refractivity contribution in [2.24, 2.45) is 0 Å². The number of hydrogen-bond acceptors (Lipinski definition) is 6. The summed E-state index contributed by atoms with van der Waals surface area (Å²) < 4.78 is 16.9. The van der Waals surface area contributed by atoms with Crippen LogP contribution in [0.25, 0.3) is 0 Å². The van der Waals surface area contributed by atoms with Crippen molar-refractivity contribution >= 4 is 17.9 Å². The molecule has 0 amide bonds. The second kappa shape index (κ2) is 59.9. The lowest BCUT2D eigenvalue weighted by atomic mass is 10.0. The van der Waals surface area contributed by atoms with Crippen LogP contribution in [-0.4, -0.2) is 37.2 Å². The largest absolute Gasteiger partial charge is 0.462 e. The van der Waals surface area contributed by atoms with Gasteiger partial charge in [-0.05, 0) is 83.5 Å². The Morgan fingerprint density at radius 1 is 0.282 bits per heavy atom. The van der Waals surface area contributed by atoms with Crippen LogP contribution in [0.1, 0.15) is 329 Å². The normalized spacial score (nSPS) is 12.3. The molecule has 0 aliphatic carbocycles. The molecule has 1 atom stereocenters. The van der Waals surface area contributed by atoms with E-state index in [0.29, 0.717) is 19.3 Å². The van der Waals surface area contributed by atoms with Crippen molar-refractivity contribution in [3.63, 3.8) is 0 Å². The highest BCUT2D eigenvalue weighted by Crippen LogP contribution is 2.17. The molecule has 0 fully saturated rings. The molecule has 0 aromatic heterocycles. The van der Waals surface area contributed by atoms with Gasteiger partial charge in [-0.15, -0.1) is 0 Å². The average Bonchev–Trinajstić information content (AvgIpc) is 3.37. The Morgan fingerprint density at radius 2 is 0.507 bits per heavy atom. The lowest BCUT2D eigenvalue weighted by Gasteiger charge is -2.18. The summed E-state index contributed by atoms with van der Waals surface area (Å²) in [6.45, 7) is 6.65. The van der Waals surface area contributed by atoms with Gasteiger partial charge in [-0.1, -0.05) is 275 Å². The predicted molar refractivity (Wildman–Crippen MR) is 307 cm³/mol. The molecule has 414 valence electrons. The molecule has 0 radical (unpaired) electrons. The van der Waals surface area contributed by atoms with E-state index in [1.807, 2.05) is 0 Å². The number of esters is 3. The monoisotopic (exact) mass is 995 g/mol. The van der Waals surface area contributed by atoms with Gasteiger partial charge in [0.15, 0.2) is 6.10 Å². The minimum Gasteiger partial charge on any atom is -0.462 e. The first-order valence-corrected chi connectivity index (χ1v) is 31.1. The van der Waals surface area contributed by atoms with Crippen molar-refractivity contribution < 1.29 is 28.6 Å². The molecule has 0 rings (SSSR count). The quantitative estimate of drug-likeness (QED) is 0.0261. The zero-order valence-corrected chi connectivity index (χ0v) is 47.5. The van der Waals surface area contributed by atoms with Gasteiger partial charge in [-0.25, -0.2) is 0 Å². The number of carbonyl (C=O) groups is 3. The van der Waals surface area contributed by atoms with E-state index in [0.717, 1.165) is 77.0 Å². The van der Waals surface area contributed by atoms with E-state index >= 15 is 0 Å². The van der Waals surface area contributed by atoms with Crippen LogP contribution in [0.2, 0.25) is 0 Å². The van der Waals surface area contributed by atoms with E-state index in [1.165, 1.54) is 212 Å². The Bertz CT molecular complexity index is 1230. The highest BCUT2D eigenvalue weighted by Gasteiger charge is 2.19. The van der Waals surface area contributed by atoms with Crippen molar-refractivity contribution in [3.05, 3.63) is 48.6 Å². The highest BCUT2D eigenvalue weighted by atomic mass is 16.6. The second-order valence-corrected chi connectivity index (χ2v) is 21.0. The number of unbranched alkanes of at least 4 members (excludes halogenated alkanes) is 38. The van der Waals surface area contributed by atoms with Crippen LogP contribution in [0.5, 0.6) is 0 Å². The molecule has 0 N–H and O–H groups in total. The lowest BCUT2D eigenvalue weighted by molar-refractivity contribution is -0.167. The molecule has 0 heterocycles. The number of rotatable bonds is 57. The topological polar surface area (TPSA) is 78.9 Å². The summed E-state index contributed by atoms with van der Waals surface area (Å²) in [4.78, 5) is 38.3. The summed E-state index contributed by atoms with van der Waals surface area (Å²) in [6, 6.07) is 0. The summed E-state index contributed by atoms with van der Waals surface area (Å²) in [5.41, 5.74) is 0. The highest BCUT2D eigenvalue weighted by molar-refractivity contribution is 5.71. The van der Waals surface area contributed by atoms with Gasteiger partial charge < -0.3 is 14.2 Å². The van der Waals surface area contributed by atoms with E-state index in [4.69, 9.17) is 14.2 Å². The first-order valence-electron chi connectivity index (χ1n) is 31.1. The molecular formula is C65H118O6. The minimum absolute atomic E-state index is 0.0756. The molecule has 1 unspecified atom stereocenters. The van der Waals surface area contributed by atoms with Gasteiger partial charge in [0, 0.05) is 19.3 Å². The van der Waals surface area contributed by atoms with Crippen LogP contribution in [0.4, 0.5) is 0 Å². The van der Waals surface area contributed by atoms with E-state index in [2.05, 4.69) is 69.4 Å². The van der Waals surface area contributed by atoms with Gasteiger partial charge in [0.25, 0.3) is 0 Å². The molecule has 0 saturated heterocycles. The summed E-state index contributed by atoms with van der Waals surface area (Å²) in [6.07, 6.45) is 73.9. The second-order valence-electron chi connectivity index (χ2n) is 21.0. The molecule has 0 aliphatic rings. The third kappa shape index (κ3) is 58.1. The van der Waals surface area contributed by atoms with Crippen LogP contribution in [0, 0.1) is 0 Å². The molecule has 6 nitrogen and oxygen atoms in total. The fraction of sp³-hybridized carbons (Fsp3) is 0.831. The van der Waals surface area contributed by atoms with Gasteiger partial charge in [0.05, 0.1) is 0 Å². The van der Waals surface area contributed by atoms with Gasteiger partial charge in [0.1, 0.15) is 13.2 Å². The number of allylic oxidation sites excluding steroid dienone is 8. The zero-order valence-electron chi connectivity index (χ0n) is 47.5. The zero-order chi connectivity index (χ0) is 51.4. The third-order valence-electron chi connectivity index (χ3n) is 13.8. The van der Waals surface area contributed by atoms with Gasteiger partial charge in [-0.3, -0.25) is 14.4 Å². The maximum Gasteiger partial charge on any atom is 0.306 e. The Balaban J connectivity index is 4.38. The Morgan fingerprint density at radius 3 is 0.831 bits per heavy atom. The van der Waals surface area contributed by atoms with E-state index in [1.54, 1.807) is 0 Å². The van der Waals surface area contributed by atoms with Crippen molar-refractivity contribution in [2.45, 2.75) is 335 Å². The first kappa shape index (κ1) is 68.4. The molecule has 6 heteroatoms. The molecule has 0 saturated carbocycles. The SMILES string of the molecule is CCCCC/C=C\C/C=C\C/C=C\CCCCCCCCC(=O)OCC(COC(=O)CCCCCCCCCCCCCCCCCC)OC(=O)CCCCCCCCC/C=C\CCCCCCCCC. The van der Waals surface area contributed by atoms with E-state index in [9.17, 15) is 14.4 Å². The molecular weight excluding hydrogens is 877 g/mol. The fourth-order valence-electron chi connectivity index (χ4n) is 9.09. The van der Waals surface area contributed by atoms with Crippen LogP contribution >= 0.6 is 0 Å². The molecule has 0 bridgehead atoms. The summed E-state index contributed by atoms with van der Waals surface area (Å²) >= 11 is 0. The van der Waals surface area contributed by atoms with Crippen molar-refractivity contribution in [1.82, 2.24) is 0 Å². The maximum atomic E-state index is 12.9. The smallest absolute Gasteiger partial charge is 0.306 e. The van der Waals surface area contributed by atoms with Gasteiger partial charge in [0.2, 0.25) is 0 Å². The van der Waals surface area contributed by atoms with Crippen molar-refractivity contribution in [1.29, 1.82) is 0 Å². The summed E-state index contributed by atoms with van der Waals surface area (Å²) in [5, 5.41) is 0. The average molecular weight is 996 g/mol. The first-order chi connectivity index (χ1) is 35.0. The Kier molecular flexibility index (Phi) is 57.7. The molecule has 0 aliphatic heterocycles. The maximum absolute atomic E-state index is 12.9. The van der Waals surface area contributed by atoms with E-state index in [-0.39, 0.29) is 31.1 Å². The van der Waals surface area contributed by atoms with Gasteiger partial charge in [-0.2, -0.15) is 0 Å². The number of carbonyl (C=O) groups excluding carboxylic acids is 3. The molecule has 0 spiro atoms. The Labute approximate surface area is 441 Å². The van der Waals surface area contributed by atoms with E-state index < -0.39 is 6.10 Å². The third-order valence-corrected chi connectivity index (χ3v) is 13.8. The minimum atomic E-state index is -0.780. The summed E-state index contributed by atoms with van der Waals surface area (Å²) in [7, 11) is 0. The van der Waals surface area contributed by atoms with Gasteiger partial charge >= 0.3 is 17.9 Å². The number of hydrogen-bond donors (Lipinski definition) is 0.